The summed E-state index contributed by atoms with van der Waals surface area (Å²) in [5, 5.41) is 6.85. The van der Waals surface area contributed by atoms with E-state index >= 15 is 0 Å². The van der Waals surface area contributed by atoms with E-state index in [9.17, 15) is 4.79 Å². The number of hydrogen-bond acceptors (Lipinski definition) is 8. The van der Waals surface area contributed by atoms with Gasteiger partial charge in [0, 0.05) is 36.8 Å². The zero-order valence-electron chi connectivity index (χ0n) is 19.7. The van der Waals surface area contributed by atoms with E-state index in [2.05, 4.69) is 25.6 Å². The Bertz CT molecular complexity index is 1470. The number of anilines is 3. The van der Waals surface area contributed by atoms with Crippen molar-refractivity contribution in [2.24, 2.45) is 0 Å². The van der Waals surface area contributed by atoms with Gasteiger partial charge in [0.1, 0.15) is 22.7 Å². The lowest BCUT2D eigenvalue weighted by atomic mass is 9.78. The molecule has 1 amide bonds. The van der Waals surface area contributed by atoms with Gasteiger partial charge in [-0.05, 0) is 43.9 Å². The molecular formula is C25H25ClN8O2. The van der Waals surface area contributed by atoms with Crippen LogP contribution in [0.25, 0.3) is 17.2 Å². The number of ether oxygens (including phenoxy) is 1. The van der Waals surface area contributed by atoms with Gasteiger partial charge in [-0.1, -0.05) is 23.7 Å². The molecule has 2 atom stereocenters. The lowest BCUT2D eigenvalue weighted by molar-refractivity contribution is -0.119. The van der Waals surface area contributed by atoms with Gasteiger partial charge in [0.05, 0.1) is 11.7 Å². The number of nitrogens with one attached hydrogen (secondary N) is 2. The third-order valence-corrected chi connectivity index (χ3v) is 7.17. The van der Waals surface area contributed by atoms with E-state index in [4.69, 9.17) is 27.1 Å². The van der Waals surface area contributed by atoms with Crippen LogP contribution in [0.15, 0.2) is 42.9 Å². The Hall–Kier alpha value is -3.76. The van der Waals surface area contributed by atoms with Crippen molar-refractivity contribution in [2.45, 2.75) is 37.7 Å². The standard InChI is InChI=1S/C25H25ClN8O2/c1-25(14-5-7-15(26)8-6-14)18-19(27)31-20(32-21(18)33-24(25)35)17-13-34-10-9-28-23(34)22(30-17)29-12-16-4-2-3-11-36-16/h5-10,13,16H,2-4,11-12H2,1H3,(H,29,30)(H3,27,31,32,33,35). The molecule has 0 spiro atoms. The molecule has 4 N–H and O–H groups in total. The topological polar surface area (TPSA) is 132 Å². The van der Waals surface area contributed by atoms with E-state index in [1.807, 2.05) is 29.7 Å². The van der Waals surface area contributed by atoms with E-state index in [-0.39, 0.29) is 17.8 Å². The molecule has 1 saturated heterocycles. The first-order chi connectivity index (χ1) is 17.4. The van der Waals surface area contributed by atoms with Crippen LogP contribution in [0.1, 0.15) is 37.3 Å². The van der Waals surface area contributed by atoms with E-state index in [1.165, 1.54) is 0 Å². The first-order valence-corrected chi connectivity index (χ1v) is 12.3. The lowest BCUT2D eigenvalue weighted by Gasteiger charge is -2.23. The molecule has 1 fully saturated rings. The van der Waals surface area contributed by atoms with Crippen LogP contribution in [0, 0.1) is 0 Å². The smallest absolute Gasteiger partial charge is 0.240 e. The van der Waals surface area contributed by atoms with Crippen LogP contribution >= 0.6 is 11.6 Å². The largest absolute Gasteiger partial charge is 0.383 e. The monoisotopic (exact) mass is 504 g/mol. The molecule has 2 aliphatic rings. The summed E-state index contributed by atoms with van der Waals surface area (Å²) in [7, 11) is 0. The van der Waals surface area contributed by atoms with Gasteiger partial charge in [-0.3, -0.25) is 4.79 Å². The van der Waals surface area contributed by atoms with E-state index in [1.54, 1.807) is 24.5 Å². The van der Waals surface area contributed by atoms with Crippen LogP contribution in [0.4, 0.5) is 17.5 Å². The number of nitrogen functional groups attached to an aromatic ring is 1. The number of benzene rings is 1. The second kappa shape index (κ2) is 8.72. The highest BCUT2D eigenvalue weighted by Crippen LogP contribution is 2.45. The number of amides is 1. The number of rotatable bonds is 5. The van der Waals surface area contributed by atoms with Crippen molar-refractivity contribution >= 4 is 40.6 Å². The van der Waals surface area contributed by atoms with Gasteiger partial charge < -0.3 is 25.5 Å². The normalized spacial score (nSPS) is 21.4. The van der Waals surface area contributed by atoms with Crippen LogP contribution in [0.3, 0.4) is 0 Å². The highest BCUT2D eigenvalue weighted by molar-refractivity contribution is 6.30. The fraction of sp³-hybridized carbons (Fsp3) is 0.320. The van der Waals surface area contributed by atoms with Crippen molar-refractivity contribution in [3.63, 3.8) is 0 Å². The number of halogens is 1. The molecule has 0 saturated carbocycles. The summed E-state index contributed by atoms with van der Waals surface area (Å²) in [6, 6.07) is 7.12. The molecular weight excluding hydrogens is 480 g/mol. The van der Waals surface area contributed by atoms with Crippen molar-refractivity contribution in [3.8, 4) is 11.5 Å². The predicted octanol–water partition coefficient (Wildman–Crippen LogP) is 3.66. The van der Waals surface area contributed by atoms with E-state index in [0.717, 1.165) is 31.4 Å². The predicted molar refractivity (Wildman–Crippen MR) is 137 cm³/mol. The minimum absolute atomic E-state index is 0.131. The van der Waals surface area contributed by atoms with Crippen molar-refractivity contribution in [2.75, 3.05) is 29.5 Å². The van der Waals surface area contributed by atoms with Crippen LogP contribution < -0.4 is 16.4 Å². The summed E-state index contributed by atoms with van der Waals surface area (Å²) < 4.78 is 7.70. The van der Waals surface area contributed by atoms with Gasteiger partial charge in [0.15, 0.2) is 17.3 Å². The maximum Gasteiger partial charge on any atom is 0.240 e. The Balaban J connectivity index is 1.38. The molecule has 2 unspecified atom stereocenters. The summed E-state index contributed by atoms with van der Waals surface area (Å²) in [6.45, 7) is 3.21. The summed E-state index contributed by atoms with van der Waals surface area (Å²) >= 11 is 6.06. The number of carbonyl (C=O) groups is 1. The minimum atomic E-state index is -1.04. The lowest BCUT2D eigenvalue weighted by Crippen LogP contribution is -2.32. The third kappa shape index (κ3) is 3.73. The molecule has 4 aromatic rings. The quantitative estimate of drug-likeness (QED) is 0.375. The summed E-state index contributed by atoms with van der Waals surface area (Å²) in [5.74, 6) is 1.26. The molecule has 184 valence electrons. The zero-order chi connectivity index (χ0) is 24.9. The van der Waals surface area contributed by atoms with Crippen molar-refractivity contribution in [1.82, 2.24) is 24.3 Å². The first kappa shape index (κ1) is 22.7. The van der Waals surface area contributed by atoms with Gasteiger partial charge in [-0.2, -0.15) is 0 Å². The molecule has 0 radical (unpaired) electrons. The molecule has 0 aliphatic carbocycles. The highest BCUT2D eigenvalue weighted by Gasteiger charge is 2.47. The summed E-state index contributed by atoms with van der Waals surface area (Å²) in [6.07, 6.45) is 8.72. The summed E-state index contributed by atoms with van der Waals surface area (Å²) in [4.78, 5) is 31.6. The molecule has 0 bridgehead atoms. The Labute approximate surface area is 212 Å². The van der Waals surface area contributed by atoms with Crippen LogP contribution in [0.2, 0.25) is 5.02 Å². The SMILES string of the molecule is CC1(c2ccc(Cl)cc2)C(=O)Nc2nc(-c3cn4ccnc4c(NCC4CCCCO4)n3)nc(N)c21. The number of nitrogens with two attached hydrogens (primary N) is 1. The Morgan fingerprint density at radius 1 is 1.25 bits per heavy atom. The van der Waals surface area contributed by atoms with E-state index < -0.39 is 5.41 Å². The second-order valence-corrected chi connectivity index (χ2v) is 9.68. The zero-order valence-corrected chi connectivity index (χ0v) is 20.4. The molecule has 11 heteroatoms. The number of aromatic nitrogens is 5. The highest BCUT2D eigenvalue weighted by atomic mass is 35.5. The molecule has 36 heavy (non-hydrogen) atoms. The van der Waals surface area contributed by atoms with Gasteiger partial charge in [-0.15, -0.1) is 0 Å². The first-order valence-electron chi connectivity index (χ1n) is 11.9. The molecule has 6 rings (SSSR count). The summed E-state index contributed by atoms with van der Waals surface area (Å²) in [5.41, 5.74) is 7.88. The number of fused-ring (bicyclic) bond motifs is 2. The van der Waals surface area contributed by atoms with E-state index in [0.29, 0.717) is 45.9 Å². The maximum absolute atomic E-state index is 13.2. The van der Waals surface area contributed by atoms with Gasteiger partial charge >= 0.3 is 0 Å². The fourth-order valence-electron chi connectivity index (χ4n) is 4.92. The Kier molecular flexibility index (Phi) is 5.50. The number of imidazole rings is 1. The van der Waals surface area contributed by atoms with Crippen LogP contribution in [0.5, 0.6) is 0 Å². The molecule has 1 aromatic carbocycles. The molecule has 5 heterocycles. The number of hydrogen-bond donors (Lipinski definition) is 3. The minimum Gasteiger partial charge on any atom is -0.383 e. The van der Waals surface area contributed by atoms with Crippen molar-refractivity contribution in [1.29, 1.82) is 0 Å². The van der Waals surface area contributed by atoms with Crippen molar-refractivity contribution in [3.05, 3.63) is 59.0 Å². The van der Waals surface area contributed by atoms with Crippen LogP contribution in [-0.2, 0) is 14.9 Å². The Morgan fingerprint density at radius 2 is 2.08 bits per heavy atom. The van der Waals surface area contributed by atoms with Crippen molar-refractivity contribution < 1.29 is 9.53 Å². The number of carbonyl (C=O) groups excluding carboxylic acids is 1. The third-order valence-electron chi connectivity index (χ3n) is 6.92. The molecule has 10 nitrogen and oxygen atoms in total. The average Bonchev–Trinajstić information content (AvgIpc) is 3.46. The second-order valence-electron chi connectivity index (χ2n) is 9.24. The fourth-order valence-corrected chi connectivity index (χ4v) is 5.04. The molecule has 3 aromatic heterocycles. The molecule has 2 aliphatic heterocycles. The van der Waals surface area contributed by atoms with Crippen LogP contribution in [-0.4, -0.2) is 49.5 Å². The maximum atomic E-state index is 13.2. The van der Waals surface area contributed by atoms with Gasteiger partial charge in [0.25, 0.3) is 0 Å². The van der Waals surface area contributed by atoms with Gasteiger partial charge in [-0.25, -0.2) is 19.9 Å². The van der Waals surface area contributed by atoms with Gasteiger partial charge in [0.2, 0.25) is 5.91 Å². The average molecular weight is 505 g/mol. The Morgan fingerprint density at radius 3 is 2.86 bits per heavy atom. The number of nitrogens with zero attached hydrogens (tertiary/aromatic N) is 5.